The van der Waals surface area contributed by atoms with Crippen LogP contribution in [0, 0.1) is 12.8 Å². The Morgan fingerprint density at radius 2 is 2.08 bits per heavy atom. The second-order valence-corrected chi connectivity index (χ2v) is 9.32. The summed E-state index contributed by atoms with van der Waals surface area (Å²) in [6, 6.07) is 6.28. The van der Waals surface area contributed by atoms with E-state index in [2.05, 4.69) is 10.3 Å². The number of amides is 1. The number of thiazole rings is 1. The highest BCUT2D eigenvalue weighted by atomic mass is 32.2. The molecule has 1 aromatic heterocycles. The van der Waals surface area contributed by atoms with Gasteiger partial charge in [0.25, 0.3) is 0 Å². The van der Waals surface area contributed by atoms with E-state index in [-0.39, 0.29) is 23.3 Å². The Kier molecular flexibility index (Phi) is 5.59. The Morgan fingerprint density at radius 1 is 1.35 bits per heavy atom. The number of hydrogen-bond donors (Lipinski definition) is 1. The number of rotatable bonds is 5. The van der Waals surface area contributed by atoms with Crippen LogP contribution in [0.15, 0.2) is 35.4 Å². The number of carbonyl (C=O) groups is 1. The molecule has 2 heterocycles. The molecule has 0 bridgehead atoms. The predicted octanol–water partition coefficient (Wildman–Crippen LogP) is 2.50. The average Bonchev–Trinajstić information content (AvgIpc) is 3.06. The van der Waals surface area contributed by atoms with Gasteiger partial charge in [-0.1, -0.05) is 0 Å². The number of benzene rings is 1. The molecule has 1 aliphatic rings. The monoisotopic (exact) mass is 395 g/mol. The highest BCUT2D eigenvalue weighted by Gasteiger charge is 2.33. The maximum atomic E-state index is 12.9. The van der Waals surface area contributed by atoms with Crippen LogP contribution in [-0.4, -0.2) is 43.8 Å². The van der Waals surface area contributed by atoms with E-state index in [1.807, 2.05) is 6.92 Å². The van der Waals surface area contributed by atoms with Crippen LogP contribution < -0.4 is 10.1 Å². The van der Waals surface area contributed by atoms with Crippen molar-refractivity contribution in [1.29, 1.82) is 0 Å². The highest BCUT2D eigenvalue weighted by Crippen LogP contribution is 2.26. The van der Waals surface area contributed by atoms with Crippen LogP contribution in [0.2, 0.25) is 0 Å². The van der Waals surface area contributed by atoms with E-state index in [4.69, 9.17) is 4.74 Å². The van der Waals surface area contributed by atoms with E-state index in [1.54, 1.807) is 18.3 Å². The third-order valence-electron chi connectivity index (χ3n) is 4.30. The standard InChI is InChI=1S/C17H21N3O4S2/c1-12-10-18-17(25-12)19-16(21)13-4-3-9-20(11-13)26(22,23)15-7-5-14(24-2)6-8-15/h5-8,10,13H,3-4,9,11H2,1-2H3,(H,18,19,21). The van der Waals surface area contributed by atoms with Crippen molar-refractivity contribution >= 4 is 32.4 Å². The van der Waals surface area contributed by atoms with Crippen LogP contribution in [0.5, 0.6) is 5.75 Å². The van der Waals surface area contributed by atoms with Crippen LogP contribution in [0.25, 0.3) is 0 Å². The molecule has 0 saturated carbocycles. The van der Waals surface area contributed by atoms with Gasteiger partial charge in [-0.2, -0.15) is 4.31 Å². The number of aromatic nitrogens is 1. The molecule has 0 radical (unpaired) electrons. The molecule has 1 fully saturated rings. The van der Waals surface area contributed by atoms with Crippen LogP contribution in [-0.2, 0) is 14.8 Å². The molecule has 26 heavy (non-hydrogen) atoms. The Labute approximate surface area is 157 Å². The number of nitrogens with one attached hydrogen (secondary N) is 1. The van der Waals surface area contributed by atoms with Crippen LogP contribution >= 0.6 is 11.3 Å². The lowest BCUT2D eigenvalue weighted by molar-refractivity contribution is -0.120. The van der Waals surface area contributed by atoms with Gasteiger partial charge in [-0.3, -0.25) is 4.79 Å². The zero-order valence-corrected chi connectivity index (χ0v) is 16.3. The quantitative estimate of drug-likeness (QED) is 0.840. The summed E-state index contributed by atoms with van der Waals surface area (Å²) >= 11 is 1.40. The molecule has 1 N–H and O–H groups in total. The number of nitrogens with zero attached hydrogens (tertiary/aromatic N) is 2. The number of methoxy groups -OCH3 is 1. The molecule has 9 heteroatoms. The Balaban J connectivity index is 1.71. The summed E-state index contributed by atoms with van der Waals surface area (Å²) in [5.74, 6) is 0.0218. The number of carbonyl (C=O) groups excluding carboxylic acids is 1. The maximum absolute atomic E-state index is 12.9. The maximum Gasteiger partial charge on any atom is 0.243 e. The minimum absolute atomic E-state index is 0.171. The van der Waals surface area contributed by atoms with Crippen molar-refractivity contribution in [2.24, 2.45) is 5.92 Å². The average molecular weight is 396 g/mol. The summed E-state index contributed by atoms with van der Waals surface area (Å²) in [7, 11) is -2.11. The molecule has 1 aromatic carbocycles. The van der Waals surface area contributed by atoms with E-state index in [1.165, 1.54) is 34.9 Å². The summed E-state index contributed by atoms with van der Waals surface area (Å²) < 4.78 is 32.2. The number of aryl methyl sites for hydroxylation is 1. The van der Waals surface area contributed by atoms with Crippen molar-refractivity contribution < 1.29 is 17.9 Å². The zero-order valence-electron chi connectivity index (χ0n) is 14.6. The normalized spacial score (nSPS) is 18.5. The Hall–Kier alpha value is -1.97. The number of hydrogen-bond acceptors (Lipinski definition) is 6. The molecule has 1 atom stereocenters. The van der Waals surface area contributed by atoms with Gasteiger partial charge in [-0.15, -0.1) is 11.3 Å². The molecule has 140 valence electrons. The molecule has 1 unspecified atom stereocenters. The van der Waals surface area contributed by atoms with E-state index in [0.717, 1.165) is 4.88 Å². The van der Waals surface area contributed by atoms with Gasteiger partial charge in [0.2, 0.25) is 15.9 Å². The molecule has 1 amide bonds. The van der Waals surface area contributed by atoms with E-state index in [9.17, 15) is 13.2 Å². The third kappa shape index (κ3) is 4.05. The smallest absolute Gasteiger partial charge is 0.243 e. The molecule has 2 aromatic rings. The molecular formula is C17H21N3O4S2. The van der Waals surface area contributed by atoms with Gasteiger partial charge >= 0.3 is 0 Å². The van der Waals surface area contributed by atoms with Crippen molar-refractivity contribution in [2.75, 3.05) is 25.5 Å². The predicted molar refractivity (Wildman–Crippen MR) is 100.0 cm³/mol. The SMILES string of the molecule is COc1ccc(S(=O)(=O)N2CCCC(C(=O)Nc3ncc(C)s3)C2)cc1. The van der Waals surface area contributed by atoms with Gasteiger partial charge in [-0.25, -0.2) is 13.4 Å². The molecule has 7 nitrogen and oxygen atoms in total. The van der Waals surface area contributed by atoms with Gasteiger partial charge in [0.05, 0.1) is 17.9 Å². The van der Waals surface area contributed by atoms with Crippen molar-refractivity contribution in [3.8, 4) is 5.75 Å². The fourth-order valence-electron chi connectivity index (χ4n) is 2.89. The third-order valence-corrected chi connectivity index (χ3v) is 7.01. The summed E-state index contributed by atoms with van der Waals surface area (Å²) in [5.41, 5.74) is 0. The first-order valence-corrected chi connectivity index (χ1v) is 10.5. The molecule has 1 saturated heterocycles. The summed E-state index contributed by atoms with van der Waals surface area (Å²) in [5, 5.41) is 3.33. The fraction of sp³-hybridized carbons (Fsp3) is 0.412. The molecule has 0 spiro atoms. The number of anilines is 1. The first-order valence-electron chi connectivity index (χ1n) is 8.27. The molecular weight excluding hydrogens is 374 g/mol. The first kappa shape index (κ1) is 18.8. The van der Waals surface area contributed by atoms with E-state index < -0.39 is 10.0 Å². The minimum Gasteiger partial charge on any atom is -0.497 e. The Bertz CT molecular complexity index is 878. The summed E-state index contributed by atoms with van der Waals surface area (Å²) in [4.78, 5) is 17.8. The topological polar surface area (TPSA) is 88.6 Å². The number of piperidine rings is 1. The van der Waals surface area contributed by atoms with Crippen molar-refractivity contribution in [2.45, 2.75) is 24.7 Å². The summed E-state index contributed by atoms with van der Waals surface area (Å²) in [6.45, 7) is 2.50. The molecule has 3 rings (SSSR count). The van der Waals surface area contributed by atoms with Crippen LogP contribution in [0.4, 0.5) is 5.13 Å². The number of ether oxygens (including phenoxy) is 1. The first-order chi connectivity index (χ1) is 12.4. The second-order valence-electron chi connectivity index (χ2n) is 6.14. The van der Waals surface area contributed by atoms with Crippen molar-refractivity contribution in [1.82, 2.24) is 9.29 Å². The number of sulfonamides is 1. The van der Waals surface area contributed by atoms with Gasteiger partial charge in [-0.05, 0) is 44.0 Å². The van der Waals surface area contributed by atoms with Crippen molar-refractivity contribution in [3.63, 3.8) is 0 Å². The lowest BCUT2D eigenvalue weighted by atomic mass is 9.99. The summed E-state index contributed by atoms with van der Waals surface area (Å²) in [6.07, 6.45) is 3.00. The largest absolute Gasteiger partial charge is 0.497 e. The van der Waals surface area contributed by atoms with Crippen molar-refractivity contribution in [3.05, 3.63) is 35.3 Å². The highest BCUT2D eigenvalue weighted by molar-refractivity contribution is 7.89. The van der Waals surface area contributed by atoms with Crippen LogP contribution in [0.1, 0.15) is 17.7 Å². The minimum atomic E-state index is -3.64. The molecule has 0 aliphatic carbocycles. The van der Waals surface area contributed by atoms with E-state index >= 15 is 0 Å². The lowest BCUT2D eigenvalue weighted by Gasteiger charge is -2.31. The van der Waals surface area contributed by atoms with Gasteiger partial charge < -0.3 is 10.1 Å². The van der Waals surface area contributed by atoms with Gasteiger partial charge in [0, 0.05) is 24.2 Å². The van der Waals surface area contributed by atoms with Crippen LogP contribution in [0.3, 0.4) is 0 Å². The lowest BCUT2D eigenvalue weighted by Crippen LogP contribution is -2.43. The van der Waals surface area contributed by atoms with Gasteiger partial charge in [0.15, 0.2) is 5.13 Å². The zero-order chi connectivity index (χ0) is 18.7. The van der Waals surface area contributed by atoms with Gasteiger partial charge in [0.1, 0.15) is 5.75 Å². The fourth-order valence-corrected chi connectivity index (χ4v) is 5.08. The Morgan fingerprint density at radius 3 is 2.69 bits per heavy atom. The molecule has 1 aliphatic heterocycles. The second kappa shape index (κ2) is 7.73. The van der Waals surface area contributed by atoms with E-state index in [0.29, 0.717) is 30.3 Å².